The summed E-state index contributed by atoms with van der Waals surface area (Å²) in [5.74, 6) is 0. The van der Waals surface area contributed by atoms with Crippen molar-refractivity contribution in [3.8, 4) is 11.3 Å². The van der Waals surface area contributed by atoms with Crippen molar-refractivity contribution in [2.24, 2.45) is 5.73 Å². The van der Waals surface area contributed by atoms with Gasteiger partial charge >= 0.3 is 0 Å². The van der Waals surface area contributed by atoms with Crippen LogP contribution in [0.4, 0.5) is 0 Å². The molecule has 0 atom stereocenters. The smallest absolute Gasteiger partial charge is 0.0977 e. The van der Waals surface area contributed by atoms with Gasteiger partial charge in [-0.1, -0.05) is 54.1 Å². The molecule has 2 aromatic carbocycles. The van der Waals surface area contributed by atoms with E-state index in [9.17, 15) is 0 Å². The van der Waals surface area contributed by atoms with Gasteiger partial charge < -0.3 is 5.73 Å². The maximum atomic E-state index is 6.30. The van der Waals surface area contributed by atoms with Crippen molar-refractivity contribution >= 4 is 22.9 Å². The summed E-state index contributed by atoms with van der Waals surface area (Å²) in [6, 6.07) is 16.2. The summed E-state index contributed by atoms with van der Waals surface area (Å²) < 4.78 is 0. The van der Waals surface area contributed by atoms with E-state index in [1.807, 2.05) is 36.4 Å². The van der Waals surface area contributed by atoms with Crippen molar-refractivity contribution < 1.29 is 0 Å². The molecule has 3 aromatic rings. The highest BCUT2D eigenvalue weighted by Crippen LogP contribution is 2.26. The van der Waals surface area contributed by atoms with Crippen molar-refractivity contribution in [1.29, 1.82) is 0 Å². The maximum Gasteiger partial charge on any atom is 0.0977 e. The molecule has 0 bridgehead atoms. The van der Waals surface area contributed by atoms with Gasteiger partial charge in [-0.15, -0.1) is 11.3 Å². The van der Waals surface area contributed by atoms with Gasteiger partial charge in [0.2, 0.25) is 0 Å². The molecule has 0 saturated carbocycles. The molecule has 0 aliphatic heterocycles. The van der Waals surface area contributed by atoms with Crippen molar-refractivity contribution in [2.75, 3.05) is 0 Å². The predicted molar refractivity (Wildman–Crippen MR) is 89.7 cm³/mol. The normalized spacial score (nSPS) is 10.8. The number of rotatable bonds is 4. The summed E-state index contributed by atoms with van der Waals surface area (Å²) in [4.78, 5) is 4.69. The van der Waals surface area contributed by atoms with E-state index in [1.165, 1.54) is 0 Å². The Morgan fingerprint density at radius 3 is 2.62 bits per heavy atom. The Kier molecular flexibility index (Phi) is 4.34. The second kappa shape index (κ2) is 6.39. The number of hydrogen-bond acceptors (Lipinski definition) is 3. The molecule has 21 heavy (non-hydrogen) atoms. The molecule has 0 radical (unpaired) electrons. The summed E-state index contributed by atoms with van der Waals surface area (Å²) in [6.07, 6.45) is 0.751. The van der Waals surface area contributed by atoms with Crippen LogP contribution in [0.3, 0.4) is 0 Å². The Balaban J connectivity index is 1.82. The lowest BCUT2D eigenvalue weighted by molar-refractivity contribution is 1.06. The zero-order chi connectivity index (χ0) is 14.7. The van der Waals surface area contributed by atoms with E-state index < -0.39 is 0 Å². The lowest BCUT2D eigenvalue weighted by Gasteiger charge is -2.04. The minimum atomic E-state index is 0.509. The Hall–Kier alpha value is -1.68. The third-order valence-corrected chi connectivity index (χ3v) is 4.52. The van der Waals surface area contributed by atoms with Gasteiger partial charge in [0.05, 0.1) is 10.7 Å². The van der Waals surface area contributed by atoms with Gasteiger partial charge in [0.15, 0.2) is 0 Å². The monoisotopic (exact) mass is 314 g/mol. The summed E-state index contributed by atoms with van der Waals surface area (Å²) in [6.45, 7) is 0.509. The molecule has 2 N–H and O–H groups in total. The van der Waals surface area contributed by atoms with E-state index in [4.69, 9.17) is 22.3 Å². The SMILES string of the molecule is NCc1ccc(Cc2nc(-c3ccccc3)cs2)c(Cl)c1. The van der Waals surface area contributed by atoms with Gasteiger partial charge in [-0.2, -0.15) is 0 Å². The number of benzene rings is 2. The highest BCUT2D eigenvalue weighted by molar-refractivity contribution is 7.10. The lowest BCUT2D eigenvalue weighted by atomic mass is 10.1. The second-order valence-electron chi connectivity index (χ2n) is 4.80. The summed E-state index contributed by atoms with van der Waals surface area (Å²) >= 11 is 7.97. The first-order valence-corrected chi connectivity index (χ1v) is 7.99. The fourth-order valence-electron chi connectivity index (χ4n) is 2.16. The summed E-state index contributed by atoms with van der Waals surface area (Å²) in [5, 5.41) is 3.91. The van der Waals surface area contributed by atoms with E-state index in [0.717, 1.165) is 38.8 Å². The van der Waals surface area contributed by atoms with Crippen LogP contribution in [0.2, 0.25) is 5.02 Å². The second-order valence-corrected chi connectivity index (χ2v) is 6.15. The Morgan fingerprint density at radius 2 is 1.90 bits per heavy atom. The van der Waals surface area contributed by atoms with Gasteiger partial charge in [0.25, 0.3) is 0 Å². The van der Waals surface area contributed by atoms with Crippen molar-refractivity contribution in [3.63, 3.8) is 0 Å². The Labute approximate surface area is 133 Å². The quantitative estimate of drug-likeness (QED) is 0.769. The highest BCUT2D eigenvalue weighted by Gasteiger charge is 2.08. The third-order valence-electron chi connectivity index (χ3n) is 3.32. The fourth-order valence-corrected chi connectivity index (χ4v) is 3.25. The molecule has 2 nitrogen and oxygen atoms in total. The molecule has 0 fully saturated rings. The number of hydrogen-bond donors (Lipinski definition) is 1. The Morgan fingerprint density at radius 1 is 1.10 bits per heavy atom. The summed E-state index contributed by atoms with van der Waals surface area (Å²) in [7, 11) is 0. The number of nitrogens with two attached hydrogens (primary N) is 1. The molecule has 0 unspecified atom stereocenters. The van der Waals surface area contributed by atoms with Gasteiger partial charge in [-0.3, -0.25) is 0 Å². The zero-order valence-corrected chi connectivity index (χ0v) is 13.0. The van der Waals surface area contributed by atoms with Crippen LogP contribution >= 0.6 is 22.9 Å². The maximum absolute atomic E-state index is 6.30. The fraction of sp³-hybridized carbons (Fsp3) is 0.118. The number of nitrogens with zero attached hydrogens (tertiary/aromatic N) is 1. The third kappa shape index (κ3) is 3.32. The van der Waals surface area contributed by atoms with E-state index in [-0.39, 0.29) is 0 Å². The van der Waals surface area contributed by atoms with Crippen LogP contribution in [0.5, 0.6) is 0 Å². The number of halogens is 1. The van der Waals surface area contributed by atoms with Gasteiger partial charge in [0, 0.05) is 28.9 Å². The number of aromatic nitrogens is 1. The van der Waals surface area contributed by atoms with E-state index in [1.54, 1.807) is 11.3 Å². The van der Waals surface area contributed by atoms with Gasteiger partial charge in [-0.25, -0.2) is 4.98 Å². The van der Waals surface area contributed by atoms with Crippen LogP contribution in [-0.2, 0) is 13.0 Å². The minimum Gasteiger partial charge on any atom is -0.326 e. The molecule has 1 aromatic heterocycles. The van der Waals surface area contributed by atoms with Crippen LogP contribution in [0.1, 0.15) is 16.1 Å². The molecule has 0 aliphatic carbocycles. The number of thiazole rings is 1. The minimum absolute atomic E-state index is 0.509. The van der Waals surface area contributed by atoms with Gasteiger partial charge in [0.1, 0.15) is 0 Å². The molecule has 0 aliphatic rings. The first-order valence-electron chi connectivity index (χ1n) is 6.73. The van der Waals surface area contributed by atoms with Crippen molar-refractivity contribution in [3.05, 3.63) is 75.1 Å². The molecule has 0 saturated heterocycles. The van der Waals surface area contributed by atoms with E-state index >= 15 is 0 Å². The molecule has 4 heteroatoms. The first kappa shape index (κ1) is 14.3. The molecule has 1 heterocycles. The average Bonchev–Trinajstić information content (AvgIpc) is 2.99. The van der Waals surface area contributed by atoms with Crippen molar-refractivity contribution in [1.82, 2.24) is 4.98 Å². The lowest BCUT2D eigenvalue weighted by Crippen LogP contribution is -1.97. The topological polar surface area (TPSA) is 38.9 Å². The molecule has 106 valence electrons. The largest absolute Gasteiger partial charge is 0.326 e. The summed E-state index contributed by atoms with van der Waals surface area (Å²) in [5.41, 5.74) is 9.92. The molecule has 0 amide bonds. The first-order chi connectivity index (χ1) is 10.3. The predicted octanol–water partition coefficient (Wildman–Crippen LogP) is 4.51. The van der Waals surface area contributed by atoms with Crippen molar-refractivity contribution in [2.45, 2.75) is 13.0 Å². The van der Waals surface area contributed by atoms with Crippen LogP contribution in [0, 0.1) is 0 Å². The molecule has 3 rings (SSSR count). The molecular formula is C17H15ClN2S. The van der Waals surface area contributed by atoms with E-state index in [0.29, 0.717) is 6.54 Å². The van der Waals surface area contributed by atoms with Crippen LogP contribution in [0.25, 0.3) is 11.3 Å². The average molecular weight is 315 g/mol. The molecule has 0 spiro atoms. The van der Waals surface area contributed by atoms with Crippen LogP contribution < -0.4 is 5.73 Å². The highest BCUT2D eigenvalue weighted by atomic mass is 35.5. The standard InChI is InChI=1S/C17H15ClN2S/c18-15-8-12(10-19)6-7-14(15)9-17-20-16(11-21-17)13-4-2-1-3-5-13/h1-8,11H,9-10,19H2. The van der Waals surface area contributed by atoms with Gasteiger partial charge in [-0.05, 0) is 17.2 Å². The molecular weight excluding hydrogens is 300 g/mol. The van der Waals surface area contributed by atoms with Crippen LogP contribution in [0.15, 0.2) is 53.9 Å². The van der Waals surface area contributed by atoms with E-state index in [2.05, 4.69) is 17.5 Å². The Bertz CT molecular complexity index is 738. The zero-order valence-electron chi connectivity index (χ0n) is 11.4. The van der Waals surface area contributed by atoms with Crippen LogP contribution in [-0.4, -0.2) is 4.98 Å².